The van der Waals surface area contributed by atoms with Crippen LogP contribution >= 0.6 is 0 Å². The third kappa shape index (κ3) is 3.87. The highest BCUT2D eigenvalue weighted by atomic mass is 32.2. The number of nitrogens with two attached hydrogens (primary N) is 1. The van der Waals surface area contributed by atoms with Crippen molar-refractivity contribution < 1.29 is 13.2 Å². The molecule has 1 aliphatic heterocycles. The first-order chi connectivity index (χ1) is 9.93. The number of sulfone groups is 1. The maximum absolute atomic E-state index is 12.3. The predicted octanol–water partition coefficient (Wildman–Crippen LogP) is 1.34. The van der Waals surface area contributed by atoms with Crippen molar-refractivity contribution >= 4 is 27.2 Å². The highest BCUT2D eigenvalue weighted by Crippen LogP contribution is 2.21. The Morgan fingerprint density at radius 1 is 1.19 bits per heavy atom. The molecular formula is C14H21N3O3S. The van der Waals surface area contributed by atoms with Gasteiger partial charge in [0.25, 0.3) is 0 Å². The molecule has 1 fully saturated rings. The lowest BCUT2D eigenvalue weighted by Crippen LogP contribution is -2.33. The first-order valence-electron chi connectivity index (χ1n) is 7.05. The number of nitrogens with zero attached hydrogens (tertiary/aromatic N) is 2. The third-order valence-corrected chi connectivity index (χ3v) is 5.41. The predicted molar refractivity (Wildman–Crippen MR) is 84.1 cm³/mol. The third-order valence-electron chi connectivity index (χ3n) is 3.62. The fourth-order valence-corrected chi connectivity index (χ4v) is 3.16. The number of carbonyl (C=O) groups is 1. The molecule has 1 aromatic rings. The van der Waals surface area contributed by atoms with E-state index < -0.39 is 9.84 Å². The summed E-state index contributed by atoms with van der Waals surface area (Å²) in [6, 6.07) is 7.09. The van der Waals surface area contributed by atoms with Gasteiger partial charge in [0.1, 0.15) is 9.84 Å². The second kappa shape index (κ2) is 6.34. The van der Waals surface area contributed by atoms with Crippen molar-refractivity contribution in [3.05, 3.63) is 24.3 Å². The molecule has 1 saturated heterocycles. The summed E-state index contributed by atoms with van der Waals surface area (Å²) in [6.45, 7) is 3.35. The van der Waals surface area contributed by atoms with Crippen LogP contribution in [-0.4, -0.2) is 50.5 Å². The van der Waals surface area contributed by atoms with Crippen LogP contribution in [0.3, 0.4) is 0 Å². The normalized spacial score (nSPS) is 15.8. The summed E-state index contributed by atoms with van der Waals surface area (Å²) in [6.07, 6.45) is 0.484. The van der Waals surface area contributed by atoms with E-state index in [1.807, 2.05) is 12.1 Å². The summed E-state index contributed by atoms with van der Waals surface area (Å²) < 4.78 is 22.9. The summed E-state index contributed by atoms with van der Waals surface area (Å²) in [4.78, 5) is 15.7. The number of carbonyl (C=O) groups excluding carboxylic acids is 1. The average molecular weight is 311 g/mol. The number of nitrogen functional groups attached to an aromatic ring is 1. The molecular weight excluding hydrogens is 290 g/mol. The molecule has 1 heterocycles. The molecule has 21 heavy (non-hydrogen) atoms. The van der Waals surface area contributed by atoms with E-state index in [9.17, 15) is 13.2 Å². The number of amides is 2. The Balaban J connectivity index is 1.91. The minimum Gasteiger partial charge on any atom is -0.399 e. The minimum atomic E-state index is -2.96. The summed E-state index contributed by atoms with van der Waals surface area (Å²) in [5.74, 6) is 0.285. The van der Waals surface area contributed by atoms with Crippen LogP contribution in [0, 0.1) is 0 Å². The molecule has 2 N–H and O–H groups in total. The molecule has 116 valence electrons. The molecule has 2 rings (SSSR count). The lowest BCUT2D eigenvalue weighted by Gasteiger charge is -2.18. The number of anilines is 2. The van der Waals surface area contributed by atoms with Crippen molar-refractivity contribution in [1.29, 1.82) is 0 Å². The van der Waals surface area contributed by atoms with Crippen LogP contribution < -0.4 is 10.6 Å². The molecule has 2 amide bonds. The molecule has 1 aromatic carbocycles. The summed E-state index contributed by atoms with van der Waals surface area (Å²) in [5, 5.41) is 0. The Morgan fingerprint density at radius 2 is 1.86 bits per heavy atom. The first-order valence-corrected chi connectivity index (χ1v) is 8.87. The largest absolute Gasteiger partial charge is 0.399 e. The quantitative estimate of drug-likeness (QED) is 0.803. The van der Waals surface area contributed by atoms with Gasteiger partial charge in [-0.1, -0.05) is 6.92 Å². The Labute approximate surface area is 125 Å². The number of hydrogen-bond donors (Lipinski definition) is 1. The molecule has 7 heteroatoms. The van der Waals surface area contributed by atoms with Crippen molar-refractivity contribution in [2.75, 3.05) is 41.8 Å². The molecule has 0 spiro atoms. The van der Waals surface area contributed by atoms with Gasteiger partial charge in [-0.3, -0.25) is 4.90 Å². The zero-order valence-electron chi connectivity index (χ0n) is 12.2. The van der Waals surface area contributed by atoms with Gasteiger partial charge in [0, 0.05) is 36.8 Å². The Kier molecular flexibility index (Phi) is 4.72. The number of rotatable bonds is 6. The van der Waals surface area contributed by atoms with Crippen LogP contribution in [0.5, 0.6) is 0 Å². The number of benzene rings is 1. The van der Waals surface area contributed by atoms with E-state index >= 15 is 0 Å². The average Bonchev–Trinajstić information content (AvgIpc) is 2.81. The van der Waals surface area contributed by atoms with Gasteiger partial charge in [-0.05, 0) is 30.7 Å². The topological polar surface area (TPSA) is 83.7 Å². The molecule has 6 nitrogen and oxygen atoms in total. The van der Waals surface area contributed by atoms with Gasteiger partial charge in [0.2, 0.25) is 0 Å². The Hall–Kier alpha value is -1.76. The molecule has 1 aliphatic rings. The van der Waals surface area contributed by atoms with Crippen molar-refractivity contribution in [1.82, 2.24) is 4.90 Å². The minimum absolute atomic E-state index is 0.0753. The van der Waals surface area contributed by atoms with Crippen LogP contribution in [0.4, 0.5) is 16.2 Å². The lowest BCUT2D eigenvalue weighted by molar-refractivity contribution is 0.221. The monoisotopic (exact) mass is 311 g/mol. The van der Waals surface area contributed by atoms with E-state index in [-0.39, 0.29) is 17.5 Å². The van der Waals surface area contributed by atoms with E-state index in [0.717, 1.165) is 5.69 Å². The standard InChI is InChI=1S/C14H21N3O3S/c1-2-21(19,20)11-3-8-16-9-10-17(14(16)18)13-6-4-12(15)5-7-13/h4-7H,2-3,8-11,15H2,1H3. The van der Waals surface area contributed by atoms with E-state index in [4.69, 9.17) is 5.73 Å². The molecule has 0 atom stereocenters. The van der Waals surface area contributed by atoms with Crippen LogP contribution in [0.15, 0.2) is 24.3 Å². The van der Waals surface area contributed by atoms with Crippen LogP contribution in [0.1, 0.15) is 13.3 Å². The van der Waals surface area contributed by atoms with Gasteiger partial charge < -0.3 is 10.6 Å². The van der Waals surface area contributed by atoms with Gasteiger partial charge in [0.05, 0.1) is 5.75 Å². The maximum Gasteiger partial charge on any atom is 0.324 e. The summed E-state index contributed by atoms with van der Waals surface area (Å²) in [5.41, 5.74) is 7.11. The van der Waals surface area contributed by atoms with Gasteiger partial charge in [0.15, 0.2) is 0 Å². The van der Waals surface area contributed by atoms with Crippen LogP contribution in [-0.2, 0) is 9.84 Å². The molecule has 0 bridgehead atoms. The lowest BCUT2D eigenvalue weighted by atomic mass is 10.2. The summed E-state index contributed by atoms with van der Waals surface area (Å²) >= 11 is 0. The van der Waals surface area contributed by atoms with Crippen LogP contribution in [0.2, 0.25) is 0 Å². The van der Waals surface area contributed by atoms with Crippen molar-refractivity contribution in [2.45, 2.75) is 13.3 Å². The van der Waals surface area contributed by atoms with E-state index in [2.05, 4.69) is 0 Å². The SMILES string of the molecule is CCS(=O)(=O)CCCN1CCN(c2ccc(N)cc2)C1=O. The van der Waals surface area contributed by atoms with Crippen LogP contribution in [0.25, 0.3) is 0 Å². The van der Waals surface area contributed by atoms with E-state index in [1.54, 1.807) is 28.9 Å². The van der Waals surface area contributed by atoms with Gasteiger partial charge in [-0.2, -0.15) is 0 Å². The zero-order chi connectivity index (χ0) is 15.5. The fourth-order valence-electron chi connectivity index (χ4n) is 2.30. The Bertz CT molecular complexity index is 598. The number of hydrogen-bond acceptors (Lipinski definition) is 4. The molecule has 0 aliphatic carbocycles. The van der Waals surface area contributed by atoms with Gasteiger partial charge in [-0.15, -0.1) is 0 Å². The van der Waals surface area contributed by atoms with E-state index in [0.29, 0.717) is 31.7 Å². The fraction of sp³-hybridized carbons (Fsp3) is 0.500. The molecule has 0 aromatic heterocycles. The zero-order valence-corrected chi connectivity index (χ0v) is 13.0. The molecule has 0 radical (unpaired) electrons. The highest BCUT2D eigenvalue weighted by Gasteiger charge is 2.29. The van der Waals surface area contributed by atoms with Gasteiger partial charge >= 0.3 is 6.03 Å². The maximum atomic E-state index is 12.3. The highest BCUT2D eigenvalue weighted by molar-refractivity contribution is 7.91. The smallest absolute Gasteiger partial charge is 0.324 e. The number of urea groups is 1. The van der Waals surface area contributed by atoms with Gasteiger partial charge in [-0.25, -0.2) is 13.2 Å². The molecule has 0 saturated carbocycles. The second-order valence-corrected chi connectivity index (χ2v) is 7.58. The molecule has 0 unspecified atom stereocenters. The van der Waals surface area contributed by atoms with Crippen molar-refractivity contribution in [3.63, 3.8) is 0 Å². The van der Waals surface area contributed by atoms with Crippen molar-refractivity contribution in [3.8, 4) is 0 Å². The Morgan fingerprint density at radius 3 is 2.48 bits per heavy atom. The van der Waals surface area contributed by atoms with Crippen molar-refractivity contribution in [2.24, 2.45) is 0 Å². The summed E-state index contributed by atoms with van der Waals surface area (Å²) in [7, 11) is -2.96. The second-order valence-electron chi connectivity index (χ2n) is 5.10. The van der Waals surface area contributed by atoms with E-state index in [1.165, 1.54) is 0 Å². The first kappa shape index (κ1) is 15.6.